The van der Waals surface area contributed by atoms with Crippen molar-refractivity contribution in [3.05, 3.63) is 30.5 Å². The van der Waals surface area contributed by atoms with Crippen molar-refractivity contribution in [1.82, 2.24) is 4.98 Å². The number of rotatable bonds is 6. The van der Waals surface area contributed by atoms with Gasteiger partial charge in [-0.15, -0.1) is 0 Å². The van der Waals surface area contributed by atoms with E-state index in [-0.39, 0.29) is 0 Å². The molecule has 0 spiro atoms. The minimum absolute atomic E-state index is 0.685. The molecule has 1 heterocycles. The van der Waals surface area contributed by atoms with Crippen LogP contribution in [0.1, 0.15) is 6.92 Å². The number of hydrogen-bond acceptors (Lipinski definition) is 4. The summed E-state index contributed by atoms with van der Waals surface area (Å²) in [6.45, 7) is 4.17. The van der Waals surface area contributed by atoms with E-state index < -0.39 is 0 Å². The molecular weight excluding hydrogens is 228 g/mol. The zero-order chi connectivity index (χ0) is 12.8. The summed E-state index contributed by atoms with van der Waals surface area (Å²) in [4.78, 5) is 4.35. The summed E-state index contributed by atoms with van der Waals surface area (Å²) in [7, 11) is 1.67. The molecule has 1 N–H and O–H groups in total. The van der Waals surface area contributed by atoms with Crippen molar-refractivity contribution in [2.45, 2.75) is 6.92 Å². The highest BCUT2D eigenvalue weighted by atomic mass is 16.5. The molecule has 18 heavy (non-hydrogen) atoms. The first-order chi connectivity index (χ1) is 8.85. The highest BCUT2D eigenvalue weighted by Crippen LogP contribution is 2.24. The first kappa shape index (κ1) is 12.6. The Morgan fingerprint density at radius 2 is 2.17 bits per heavy atom. The van der Waals surface area contributed by atoms with E-state index in [9.17, 15) is 0 Å². The normalized spacial score (nSPS) is 10.6. The van der Waals surface area contributed by atoms with E-state index in [2.05, 4.69) is 10.3 Å². The number of ether oxygens (including phenoxy) is 2. The molecule has 0 aliphatic heterocycles. The highest BCUT2D eigenvalue weighted by molar-refractivity contribution is 5.92. The predicted octanol–water partition coefficient (Wildman–Crippen LogP) is 2.69. The van der Waals surface area contributed by atoms with E-state index in [0.717, 1.165) is 35.5 Å². The van der Waals surface area contributed by atoms with E-state index in [1.807, 2.05) is 31.2 Å². The molecule has 0 saturated heterocycles. The van der Waals surface area contributed by atoms with Gasteiger partial charge in [0, 0.05) is 24.7 Å². The predicted molar refractivity (Wildman–Crippen MR) is 73.3 cm³/mol. The van der Waals surface area contributed by atoms with Crippen molar-refractivity contribution in [2.75, 3.05) is 32.2 Å². The molecule has 1 aromatic heterocycles. The summed E-state index contributed by atoms with van der Waals surface area (Å²) in [5.74, 6) is 1.74. The van der Waals surface area contributed by atoms with Crippen molar-refractivity contribution in [3.63, 3.8) is 0 Å². The third-order valence-corrected chi connectivity index (χ3v) is 2.71. The Morgan fingerprint density at radius 1 is 1.28 bits per heavy atom. The van der Waals surface area contributed by atoms with Gasteiger partial charge in [0.15, 0.2) is 0 Å². The van der Waals surface area contributed by atoms with Gasteiger partial charge in [-0.05, 0) is 36.6 Å². The lowest BCUT2D eigenvalue weighted by Crippen LogP contribution is -2.10. The highest BCUT2D eigenvalue weighted by Gasteiger charge is 2.02. The topological polar surface area (TPSA) is 43.4 Å². The fourth-order valence-corrected chi connectivity index (χ4v) is 1.81. The summed E-state index contributed by atoms with van der Waals surface area (Å²) in [6.07, 6.45) is 1.80. The van der Waals surface area contributed by atoms with Gasteiger partial charge in [-0.3, -0.25) is 0 Å². The molecule has 0 bridgehead atoms. The standard InChI is InChI=1S/C14H18N2O2/c1-3-18-9-8-16-14-13-5-4-12(17-2)10-11(13)6-7-15-14/h4-7,10H,3,8-9H2,1-2H3,(H,15,16). The van der Waals surface area contributed by atoms with Crippen LogP contribution in [0.15, 0.2) is 30.5 Å². The van der Waals surface area contributed by atoms with Gasteiger partial charge in [-0.25, -0.2) is 4.98 Å². The van der Waals surface area contributed by atoms with Crippen molar-refractivity contribution >= 4 is 16.6 Å². The van der Waals surface area contributed by atoms with E-state index >= 15 is 0 Å². The lowest BCUT2D eigenvalue weighted by molar-refractivity contribution is 0.158. The van der Waals surface area contributed by atoms with Crippen molar-refractivity contribution in [2.24, 2.45) is 0 Å². The molecule has 0 saturated carbocycles. The summed E-state index contributed by atoms with van der Waals surface area (Å²) in [5, 5.41) is 5.49. The Hall–Kier alpha value is -1.81. The molecule has 0 unspecified atom stereocenters. The Labute approximate surface area is 107 Å². The maximum Gasteiger partial charge on any atom is 0.133 e. The van der Waals surface area contributed by atoms with Crippen LogP contribution < -0.4 is 10.1 Å². The Kier molecular flexibility index (Phi) is 4.36. The first-order valence-electron chi connectivity index (χ1n) is 6.09. The zero-order valence-corrected chi connectivity index (χ0v) is 10.8. The van der Waals surface area contributed by atoms with Gasteiger partial charge < -0.3 is 14.8 Å². The van der Waals surface area contributed by atoms with Crippen LogP contribution in [0, 0.1) is 0 Å². The summed E-state index contributed by atoms with van der Waals surface area (Å²) in [6, 6.07) is 7.94. The molecule has 0 aliphatic rings. The second-order valence-electron chi connectivity index (χ2n) is 3.87. The second-order valence-corrected chi connectivity index (χ2v) is 3.87. The van der Waals surface area contributed by atoms with Gasteiger partial charge in [0.2, 0.25) is 0 Å². The van der Waals surface area contributed by atoms with Gasteiger partial charge in [-0.2, -0.15) is 0 Å². The van der Waals surface area contributed by atoms with Crippen LogP contribution in [0.5, 0.6) is 5.75 Å². The number of fused-ring (bicyclic) bond motifs is 1. The SMILES string of the molecule is CCOCCNc1nccc2cc(OC)ccc12. The molecule has 2 rings (SSSR count). The van der Waals surface area contributed by atoms with Gasteiger partial charge in [0.05, 0.1) is 13.7 Å². The smallest absolute Gasteiger partial charge is 0.133 e. The molecule has 0 fully saturated rings. The van der Waals surface area contributed by atoms with Crippen LogP contribution in [-0.2, 0) is 4.74 Å². The molecular formula is C14H18N2O2. The Morgan fingerprint density at radius 3 is 2.94 bits per heavy atom. The Bertz CT molecular complexity index is 514. The summed E-state index contributed by atoms with van der Waals surface area (Å²) in [5.41, 5.74) is 0. The molecule has 4 nitrogen and oxygen atoms in total. The van der Waals surface area contributed by atoms with Crippen LogP contribution in [-0.4, -0.2) is 31.9 Å². The average molecular weight is 246 g/mol. The van der Waals surface area contributed by atoms with Crippen LogP contribution in [0.25, 0.3) is 10.8 Å². The van der Waals surface area contributed by atoms with Crippen molar-refractivity contribution in [3.8, 4) is 5.75 Å². The van der Waals surface area contributed by atoms with Crippen LogP contribution in [0.2, 0.25) is 0 Å². The lowest BCUT2D eigenvalue weighted by Gasteiger charge is -2.09. The molecule has 0 atom stereocenters. The van der Waals surface area contributed by atoms with Gasteiger partial charge in [0.25, 0.3) is 0 Å². The number of anilines is 1. The third-order valence-electron chi connectivity index (χ3n) is 2.71. The minimum Gasteiger partial charge on any atom is -0.497 e. The summed E-state index contributed by atoms with van der Waals surface area (Å²) < 4.78 is 10.5. The maximum atomic E-state index is 5.29. The van der Waals surface area contributed by atoms with Crippen LogP contribution in [0.3, 0.4) is 0 Å². The average Bonchev–Trinajstić information content (AvgIpc) is 2.43. The molecule has 1 aromatic carbocycles. The van der Waals surface area contributed by atoms with Gasteiger partial charge >= 0.3 is 0 Å². The minimum atomic E-state index is 0.685. The van der Waals surface area contributed by atoms with E-state index in [0.29, 0.717) is 6.61 Å². The molecule has 0 radical (unpaired) electrons. The second kappa shape index (κ2) is 6.21. The fraction of sp³-hybridized carbons (Fsp3) is 0.357. The molecule has 2 aromatic rings. The molecule has 4 heteroatoms. The van der Waals surface area contributed by atoms with Crippen LogP contribution in [0.4, 0.5) is 5.82 Å². The van der Waals surface area contributed by atoms with E-state index in [1.54, 1.807) is 13.3 Å². The Balaban J connectivity index is 2.17. The largest absolute Gasteiger partial charge is 0.497 e. The number of aromatic nitrogens is 1. The quantitative estimate of drug-likeness (QED) is 0.796. The van der Waals surface area contributed by atoms with E-state index in [1.165, 1.54) is 0 Å². The monoisotopic (exact) mass is 246 g/mol. The summed E-state index contributed by atoms with van der Waals surface area (Å²) >= 11 is 0. The fourth-order valence-electron chi connectivity index (χ4n) is 1.81. The zero-order valence-electron chi connectivity index (χ0n) is 10.8. The molecule has 96 valence electrons. The maximum absolute atomic E-state index is 5.29. The first-order valence-corrected chi connectivity index (χ1v) is 6.09. The van der Waals surface area contributed by atoms with Crippen molar-refractivity contribution in [1.29, 1.82) is 0 Å². The lowest BCUT2D eigenvalue weighted by atomic mass is 10.1. The van der Waals surface area contributed by atoms with Crippen molar-refractivity contribution < 1.29 is 9.47 Å². The number of hydrogen-bond donors (Lipinski definition) is 1. The van der Waals surface area contributed by atoms with E-state index in [4.69, 9.17) is 9.47 Å². The number of nitrogens with one attached hydrogen (secondary N) is 1. The number of methoxy groups -OCH3 is 1. The molecule has 0 aliphatic carbocycles. The van der Waals surface area contributed by atoms with Crippen LogP contribution >= 0.6 is 0 Å². The van der Waals surface area contributed by atoms with Gasteiger partial charge in [0.1, 0.15) is 11.6 Å². The third kappa shape index (κ3) is 2.90. The number of nitrogens with zero attached hydrogens (tertiary/aromatic N) is 1. The number of benzene rings is 1. The number of pyridine rings is 1. The van der Waals surface area contributed by atoms with Gasteiger partial charge in [-0.1, -0.05) is 0 Å². The molecule has 0 amide bonds.